The van der Waals surface area contributed by atoms with E-state index in [1.54, 1.807) is 4.90 Å². The number of urea groups is 1. The third-order valence-electron chi connectivity index (χ3n) is 2.28. The molecular weight excluding hydrogens is 168 g/mol. The van der Waals surface area contributed by atoms with Crippen molar-refractivity contribution in [1.29, 1.82) is 0 Å². The number of carbonyl (C=O) groups is 1. The Balaban J connectivity index is 2.29. The van der Waals surface area contributed by atoms with Crippen molar-refractivity contribution in [2.75, 3.05) is 26.3 Å². The van der Waals surface area contributed by atoms with Gasteiger partial charge in [0, 0.05) is 19.1 Å². The van der Waals surface area contributed by atoms with Gasteiger partial charge in [-0.1, -0.05) is 6.92 Å². The Morgan fingerprint density at radius 3 is 2.69 bits per heavy atom. The molecule has 1 heterocycles. The van der Waals surface area contributed by atoms with Crippen LogP contribution in [0.15, 0.2) is 0 Å². The zero-order chi connectivity index (χ0) is 9.68. The minimum atomic E-state index is 0.0395. The van der Waals surface area contributed by atoms with Crippen molar-refractivity contribution in [3.8, 4) is 0 Å². The average Bonchev–Trinajstić information content (AvgIpc) is 2.19. The molecule has 4 nitrogen and oxygen atoms in total. The fraction of sp³-hybridized carbons (Fsp3) is 0.889. The summed E-state index contributed by atoms with van der Waals surface area (Å²) >= 11 is 0. The topological polar surface area (TPSA) is 41.6 Å². The predicted molar refractivity (Wildman–Crippen MR) is 50.7 cm³/mol. The summed E-state index contributed by atoms with van der Waals surface area (Å²) in [6.07, 6.45) is 0.968. The number of carbonyl (C=O) groups excluding carboxylic acids is 1. The van der Waals surface area contributed by atoms with E-state index in [1.807, 2.05) is 6.92 Å². The van der Waals surface area contributed by atoms with Gasteiger partial charge in [0.25, 0.3) is 0 Å². The van der Waals surface area contributed by atoms with Gasteiger partial charge in [0.15, 0.2) is 0 Å². The quantitative estimate of drug-likeness (QED) is 0.694. The zero-order valence-electron chi connectivity index (χ0n) is 8.38. The molecule has 2 amide bonds. The molecule has 1 aliphatic heterocycles. The average molecular weight is 186 g/mol. The van der Waals surface area contributed by atoms with Gasteiger partial charge in [0.1, 0.15) is 0 Å². The molecule has 1 atom stereocenters. The first-order chi connectivity index (χ1) is 6.24. The first-order valence-corrected chi connectivity index (χ1v) is 4.87. The SMILES string of the molecule is CC[C@@H](C)NC(=O)N1CCOCC1. The number of nitrogens with zero attached hydrogens (tertiary/aromatic N) is 1. The Hall–Kier alpha value is -0.770. The molecule has 0 aromatic carbocycles. The van der Waals surface area contributed by atoms with Gasteiger partial charge >= 0.3 is 6.03 Å². The summed E-state index contributed by atoms with van der Waals surface area (Å²) in [6, 6.07) is 0.299. The van der Waals surface area contributed by atoms with Crippen molar-refractivity contribution in [1.82, 2.24) is 10.2 Å². The second kappa shape index (κ2) is 5.07. The van der Waals surface area contributed by atoms with E-state index in [-0.39, 0.29) is 12.1 Å². The van der Waals surface area contributed by atoms with E-state index in [9.17, 15) is 4.79 Å². The maximum atomic E-state index is 11.5. The highest BCUT2D eigenvalue weighted by atomic mass is 16.5. The van der Waals surface area contributed by atoms with Crippen molar-refractivity contribution in [2.45, 2.75) is 26.3 Å². The van der Waals surface area contributed by atoms with Crippen LogP contribution in [0.1, 0.15) is 20.3 Å². The van der Waals surface area contributed by atoms with Crippen LogP contribution in [0.4, 0.5) is 4.79 Å². The Labute approximate surface area is 79.2 Å². The summed E-state index contributed by atoms with van der Waals surface area (Å²) in [5.41, 5.74) is 0. The molecule has 1 saturated heterocycles. The third kappa shape index (κ3) is 3.22. The van der Waals surface area contributed by atoms with Crippen molar-refractivity contribution in [3.05, 3.63) is 0 Å². The fourth-order valence-electron chi connectivity index (χ4n) is 1.17. The largest absolute Gasteiger partial charge is 0.378 e. The molecule has 0 aromatic heterocycles. The predicted octanol–water partition coefficient (Wildman–Crippen LogP) is 0.827. The third-order valence-corrected chi connectivity index (χ3v) is 2.28. The molecule has 0 unspecified atom stereocenters. The van der Waals surface area contributed by atoms with Gasteiger partial charge in [0.2, 0.25) is 0 Å². The van der Waals surface area contributed by atoms with Gasteiger partial charge in [0.05, 0.1) is 13.2 Å². The maximum absolute atomic E-state index is 11.5. The molecule has 0 saturated carbocycles. The lowest BCUT2D eigenvalue weighted by Gasteiger charge is -2.28. The van der Waals surface area contributed by atoms with E-state index in [0.29, 0.717) is 26.3 Å². The highest BCUT2D eigenvalue weighted by Gasteiger charge is 2.17. The molecule has 0 spiro atoms. The first-order valence-electron chi connectivity index (χ1n) is 4.87. The smallest absolute Gasteiger partial charge is 0.317 e. The van der Waals surface area contributed by atoms with Gasteiger partial charge < -0.3 is 15.0 Å². The van der Waals surface area contributed by atoms with Crippen LogP contribution < -0.4 is 5.32 Å². The molecule has 0 bridgehead atoms. The van der Waals surface area contributed by atoms with Crippen LogP contribution in [0, 0.1) is 0 Å². The Morgan fingerprint density at radius 1 is 1.54 bits per heavy atom. The lowest BCUT2D eigenvalue weighted by Crippen LogP contribution is -2.48. The molecule has 76 valence electrons. The molecule has 0 radical (unpaired) electrons. The summed E-state index contributed by atoms with van der Waals surface area (Å²) in [6.45, 7) is 6.81. The number of hydrogen-bond donors (Lipinski definition) is 1. The minimum Gasteiger partial charge on any atom is -0.378 e. The molecule has 1 rings (SSSR count). The van der Waals surface area contributed by atoms with Crippen LogP contribution >= 0.6 is 0 Å². The van der Waals surface area contributed by atoms with Gasteiger partial charge in [-0.25, -0.2) is 4.79 Å². The summed E-state index contributed by atoms with van der Waals surface area (Å²) in [5, 5.41) is 2.93. The first kappa shape index (κ1) is 10.3. The van der Waals surface area contributed by atoms with E-state index in [4.69, 9.17) is 4.74 Å². The van der Waals surface area contributed by atoms with E-state index < -0.39 is 0 Å². The van der Waals surface area contributed by atoms with Crippen molar-refractivity contribution >= 4 is 6.03 Å². The molecule has 0 aliphatic carbocycles. The Morgan fingerprint density at radius 2 is 2.15 bits per heavy atom. The molecule has 1 aliphatic rings. The molecule has 1 fully saturated rings. The number of rotatable bonds is 2. The van der Waals surface area contributed by atoms with Gasteiger partial charge in [-0.05, 0) is 13.3 Å². The number of amides is 2. The highest BCUT2D eigenvalue weighted by molar-refractivity contribution is 5.74. The van der Waals surface area contributed by atoms with Crippen LogP contribution in [0.2, 0.25) is 0 Å². The van der Waals surface area contributed by atoms with Crippen molar-refractivity contribution in [3.63, 3.8) is 0 Å². The lowest BCUT2D eigenvalue weighted by atomic mass is 10.3. The Bertz CT molecular complexity index is 167. The zero-order valence-corrected chi connectivity index (χ0v) is 8.38. The summed E-state index contributed by atoms with van der Waals surface area (Å²) in [7, 11) is 0. The summed E-state index contributed by atoms with van der Waals surface area (Å²) < 4.78 is 5.16. The van der Waals surface area contributed by atoms with Gasteiger partial charge in [-0.3, -0.25) is 0 Å². The highest BCUT2D eigenvalue weighted by Crippen LogP contribution is 1.98. The van der Waals surface area contributed by atoms with Crippen LogP contribution in [-0.2, 0) is 4.74 Å². The number of ether oxygens (including phenoxy) is 1. The van der Waals surface area contributed by atoms with Crippen LogP contribution in [0.25, 0.3) is 0 Å². The van der Waals surface area contributed by atoms with Gasteiger partial charge in [-0.15, -0.1) is 0 Å². The van der Waals surface area contributed by atoms with Crippen LogP contribution in [-0.4, -0.2) is 43.3 Å². The van der Waals surface area contributed by atoms with Crippen molar-refractivity contribution in [2.24, 2.45) is 0 Å². The summed E-state index contributed by atoms with van der Waals surface area (Å²) in [5.74, 6) is 0. The molecular formula is C9H18N2O2. The number of nitrogens with one attached hydrogen (secondary N) is 1. The molecule has 4 heteroatoms. The molecule has 13 heavy (non-hydrogen) atoms. The van der Waals surface area contributed by atoms with E-state index >= 15 is 0 Å². The van der Waals surface area contributed by atoms with Gasteiger partial charge in [-0.2, -0.15) is 0 Å². The Kier molecular flexibility index (Phi) is 4.02. The maximum Gasteiger partial charge on any atom is 0.317 e. The van der Waals surface area contributed by atoms with E-state index in [1.165, 1.54) is 0 Å². The monoisotopic (exact) mass is 186 g/mol. The summed E-state index contributed by atoms with van der Waals surface area (Å²) in [4.78, 5) is 13.3. The number of morpholine rings is 1. The molecule has 0 aromatic rings. The lowest BCUT2D eigenvalue weighted by molar-refractivity contribution is 0.0526. The second-order valence-corrected chi connectivity index (χ2v) is 3.36. The number of hydrogen-bond acceptors (Lipinski definition) is 2. The minimum absolute atomic E-state index is 0.0395. The fourth-order valence-corrected chi connectivity index (χ4v) is 1.17. The van der Waals surface area contributed by atoms with E-state index in [2.05, 4.69) is 12.2 Å². The van der Waals surface area contributed by atoms with Crippen molar-refractivity contribution < 1.29 is 9.53 Å². The van der Waals surface area contributed by atoms with E-state index in [0.717, 1.165) is 6.42 Å². The normalized spacial score (nSPS) is 19.7. The van der Waals surface area contributed by atoms with Crippen LogP contribution in [0.3, 0.4) is 0 Å². The standard InChI is InChI=1S/C9H18N2O2/c1-3-8(2)10-9(12)11-4-6-13-7-5-11/h8H,3-7H2,1-2H3,(H,10,12)/t8-/m1/s1. The van der Waals surface area contributed by atoms with Crippen LogP contribution in [0.5, 0.6) is 0 Å². The molecule has 1 N–H and O–H groups in total. The second-order valence-electron chi connectivity index (χ2n) is 3.36.